The molecule has 6 heteroatoms. The van der Waals surface area contributed by atoms with E-state index >= 15 is 0 Å². The summed E-state index contributed by atoms with van der Waals surface area (Å²) in [6.45, 7) is 6.61. The summed E-state index contributed by atoms with van der Waals surface area (Å²) in [5.41, 5.74) is 0.0625. The Kier molecular flexibility index (Phi) is 6.48. The molecule has 21 heavy (non-hydrogen) atoms. The monoisotopic (exact) mass is 304 g/mol. The van der Waals surface area contributed by atoms with Gasteiger partial charge in [-0.3, -0.25) is 0 Å². The summed E-state index contributed by atoms with van der Waals surface area (Å²) in [6.07, 6.45) is -4.42. The molecule has 3 nitrogen and oxygen atoms in total. The molecule has 1 aromatic carbocycles. The lowest BCUT2D eigenvalue weighted by atomic mass is 10.1. The summed E-state index contributed by atoms with van der Waals surface area (Å²) in [5.74, 6) is 0. The minimum atomic E-state index is -4.42. The normalized spacial score (nSPS) is 12.0. The van der Waals surface area contributed by atoms with E-state index in [9.17, 15) is 13.2 Å². The fourth-order valence-electron chi connectivity index (χ4n) is 2.20. The first kappa shape index (κ1) is 17.8. The van der Waals surface area contributed by atoms with E-state index in [4.69, 9.17) is 5.11 Å². The Morgan fingerprint density at radius 1 is 1.29 bits per heavy atom. The molecule has 120 valence electrons. The number of anilines is 1. The first-order chi connectivity index (χ1) is 9.81. The standard InChI is InChI=1S/C15H23F3N2O/c1-4-19-10-12-5-6-14(13(9-12)15(16,17)18)20(7-8-21)11(2)3/h5-6,9,11,19,21H,4,7-8,10H2,1-3H3. The third kappa shape index (κ3) is 4.89. The summed E-state index contributed by atoms with van der Waals surface area (Å²) in [5, 5.41) is 12.1. The van der Waals surface area contributed by atoms with Crippen molar-refractivity contribution in [2.75, 3.05) is 24.6 Å². The Balaban J connectivity index is 3.23. The van der Waals surface area contributed by atoms with Gasteiger partial charge >= 0.3 is 6.18 Å². The highest BCUT2D eigenvalue weighted by molar-refractivity contribution is 5.57. The largest absolute Gasteiger partial charge is 0.418 e. The van der Waals surface area contributed by atoms with Gasteiger partial charge < -0.3 is 15.3 Å². The maximum absolute atomic E-state index is 13.3. The van der Waals surface area contributed by atoms with Crippen molar-refractivity contribution in [3.63, 3.8) is 0 Å². The molecule has 1 aromatic rings. The van der Waals surface area contributed by atoms with E-state index in [-0.39, 0.29) is 24.9 Å². The van der Waals surface area contributed by atoms with Gasteiger partial charge in [0.1, 0.15) is 0 Å². The number of hydrogen-bond acceptors (Lipinski definition) is 3. The lowest BCUT2D eigenvalue weighted by molar-refractivity contribution is -0.137. The van der Waals surface area contributed by atoms with Crippen LogP contribution in [-0.2, 0) is 12.7 Å². The van der Waals surface area contributed by atoms with Crippen molar-refractivity contribution in [2.45, 2.75) is 39.5 Å². The molecule has 0 unspecified atom stereocenters. The molecule has 0 bridgehead atoms. The van der Waals surface area contributed by atoms with Gasteiger partial charge in [-0.2, -0.15) is 13.2 Å². The van der Waals surface area contributed by atoms with Crippen molar-refractivity contribution in [2.24, 2.45) is 0 Å². The molecular formula is C15H23F3N2O. The molecule has 2 N–H and O–H groups in total. The van der Waals surface area contributed by atoms with Crippen molar-refractivity contribution in [3.05, 3.63) is 29.3 Å². The molecule has 0 fully saturated rings. The molecule has 1 rings (SSSR count). The number of hydrogen-bond donors (Lipinski definition) is 2. The highest BCUT2D eigenvalue weighted by Gasteiger charge is 2.35. The van der Waals surface area contributed by atoms with Crippen molar-refractivity contribution < 1.29 is 18.3 Å². The second kappa shape index (κ2) is 7.66. The summed E-state index contributed by atoms with van der Waals surface area (Å²) >= 11 is 0. The van der Waals surface area contributed by atoms with Crippen LogP contribution in [0.15, 0.2) is 18.2 Å². The molecular weight excluding hydrogens is 281 g/mol. The Hall–Kier alpha value is -1.27. The molecule has 0 aliphatic heterocycles. The molecule has 0 saturated carbocycles. The fourth-order valence-corrected chi connectivity index (χ4v) is 2.20. The number of halogens is 3. The number of benzene rings is 1. The fraction of sp³-hybridized carbons (Fsp3) is 0.600. The highest BCUT2D eigenvalue weighted by atomic mass is 19.4. The van der Waals surface area contributed by atoms with E-state index in [0.717, 1.165) is 0 Å². The van der Waals surface area contributed by atoms with Crippen LogP contribution < -0.4 is 10.2 Å². The summed E-state index contributed by atoms with van der Waals surface area (Å²) < 4.78 is 39.9. The Labute approximate surface area is 123 Å². The molecule has 0 radical (unpaired) electrons. The molecule has 0 heterocycles. The van der Waals surface area contributed by atoms with E-state index in [0.29, 0.717) is 18.7 Å². The number of aliphatic hydroxyl groups excluding tert-OH is 1. The van der Waals surface area contributed by atoms with Crippen LogP contribution in [0.5, 0.6) is 0 Å². The van der Waals surface area contributed by atoms with E-state index in [1.165, 1.54) is 12.1 Å². The molecule has 0 amide bonds. The topological polar surface area (TPSA) is 35.5 Å². The summed E-state index contributed by atoms with van der Waals surface area (Å²) in [7, 11) is 0. The number of aliphatic hydroxyl groups is 1. The zero-order valence-electron chi connectivity index (χ0n) is 12.7. The van der Waals surface area contributed by atoms with Gasteiger partial charge in [0.05, 0.1) is 12.2 Å². The van der Waals surface area contributed by atoms with Crippen LogP contribution in [0.25, 0.3) is 0 Å². The number of nitrogens with zero attached hydrogens (tertiary/aromatic N) is 1. The lowest BCUT2D eigenvalue weighted by Crippen LogP contribution is -2.35. The van der Waals surface area contributed by atoms with Gasteiger partial charge in [-0.25, -0.2) is 0 Å². The van der Waals surface area contributed by atoms with Crippen molar-refractivity contribution in [1.29, 1.82) is 0 Å². The van der Waals surface area contributed by atoms with E-state index in [2.05, 4.69) is 5.32 Å². The zero-order valence-corrected chi connectivity index (χ0v) is 12.7. The number of alkyl halides is 3. The van der Waals surface area contributed by atoms with Gasteiger partial charge in [0.25, 0.3) is 0 Å². The SMILES string of the molecule is CCNCc1ccc(N(CCO)C(C)C)c(C(F)(F)F)c1. The molecule has 0 aliphatic carbocycles. The van der Waals surface area contributed by atoms with Gasteiger partial charge in [-0.1, -0.05) is 13.0 Å². The maximum Gasteiger partial charge on any atom is 0.418 e. The van der Waals surface area contributed by atoms with Crippen LogP contribution in [0.3, 0.4) is 0 Å². The van der Waals surface area contributed by atoms with Gasteiger partial charge in [-0.15, -0.1) is 0 Å². The van der Waals surface area contributed by atoms with Crippen LogP contribution in [0, 0.1) is 0 Å². The van der Waals surface area contributed by atoms with E-state index in [1.54, 1.807) is 11.0 Å². The van der Waals surface area contributed by atoms with Crippen molar-refractivity contribution in [3.8, 4) is 0 Å². The third-order valence-corrected chi connectivity index (χ3v) is 3.22. The number of nitrogens with one attached hydrogen (secondary N) is 1. The molecule has 0 aliphatic rings. The Bertz CT molecular complexity index is 447. The highest BCUT2D eigenvalue weighted by Crippen LogP contribution is 2.37. The minimum absolute atomic E-state index is 0.117. The van der Waals surface area contributed by atoms with Crippen LogP contribution >= 0.6 is 0 Å². The minimum Gasteiger partial charge on any atom is -0.395 e. The second-order valence-electron chi connectivity index (χ2n) is 5.14. The molecule has 0 aromatic heterocycles. The van der Waals surface area contributed by atoms with Gasteiger partial charge in [0.2, 0.25) is 0 Å². The maximum atomic E-state index is 13.3. The summed E-state index contributed by atoms with van der Waals surface area (Å²) in [4.78, 5) is 1.57. The molecule has 0 saturated heterocycles. The van der Waals surface area contributed by atoms with Crippen LogP contribution in [0.2, 0.25) is 0 Å². The van der Waals surface area contributed by atoms with E-state index < -0.39 is 11.7 Å². The lowest BCUT2D eigenvalue weighted by Gasteiger charge is -2.31. The van der Waals surface area contributed by atoms with Crippen LogP contribution in [0.1, 0.15) is 31.9 Å². The average molecular weight is 304 g/mol. The van der Waals surface area contributed by atoms with Gasteiger partial charge in [0, 0.05) is 24.8 Å². The van der Waals surface area contributed by atoms with Crippen LogP contribution in [0.4, 0.5) is 18.9 Å². The van der Waals surface area contributed by atoms with Gasteiger partial charge in [-0.05, 0) is 38.1 Å². The predicted molar refractivity (Wildman–Crippen MR) is 78.4 cm³/mol. The molecule has 0 atom stereocenters. The third-order valence-electron chi connectivity index (χ3n) is 3.22. The Morgan fingerprint density at radius 2 is 1.95 bits per heavy atom. The average Bonchev–Trinajstić information content (AvgIpc) is 2.41. The molecule has 0 spiro atoms. The first-order valence-electron chi connectivity index (χ1n) is 7.09. The smallest absolute Gasteiger partial charge is 0.395 e. The number of rotatable bonds is 7. The zero-order chi connectivity index (χ0) is 16.0. The van der Waals surface area contributed by atoms with E-state index in [1.807, 2.05) is 20.8 Å². The summed E-state index contributed by atoms with van der Waals surface area (Å²) in [6, 6.07) is 4.24. The second-order valence-corrected chi connectivity index (χ2v) is 5.14. The van der Waals surface area contributed by atoms with Crippen molar-refractivity contribution in [1.82, 2.24) is 5.32 Å². The predicted octanol–water partition coefficient (Wildman–Crippen LogP) is 3.02. The first-order valence-corrected chi connectivity index (χ1v) is 7.09. The quantitative estimate of drug-likeness (QED) is 0.813. The van der Waals surface area contributed by atoms with Gasteiger partial charge in [0.15, 0.2) is 0 Å². The van der Waals surface area contributed by atoms with Crippen LogP contribution in [-0.4, -0.2) is 30.8 Å². The van der Waals surface area contributed by atoms with Crippen molar-refractivity contribution >= 4 is 5.69 Å². The Morgan fingerprint density at radius 3 is 2.43 bits per heavy atom.